The number of benzene rings is 12. The molecule has 370 valence electrons. The van der Waals surface area contributed by atoms with Gasteiger partial charge in [-0.1, -0.05) is 243 Å². The van der Waals surface area contributed by atoms with Crippen molar-refractivity contribution < 1.29 is 0 Å². The smallest absolute Gasteiger partial charge is 0.0622 e. The monoisotopic (exact) mass is 994 g/mol. The van der Waals surface area contributed by atoms with E-state index in [-0.39, 0.29) is 0 Å². The first-order valence-corrected chi connectivity index (χ1v) is 28.6. The van der Waals surface area contributed by atoms with E-state index in [0.29, 0.717) is 0 Å². The Bertz CT molecular complexity index is 3990. The molecule has 0 aromatic heterocycles. The summed E-state index contributed by atoms with van der Waals surface area (Å²) in [5.74, 6) is 0. The summed E-state index contributed by atoms with van der Waals surface area (Å²) >= 11 is 0. The van der Waals surface area contributed by atoms with Crippen molar-refractivity contribution in [3.05, 3.63) is 322 Å². The molecule has 0 saturated heterocycles. The van der Waals surface area contributed by atoms with Gasteiger partial charge in [0.1, 0.15) is 0 Å². The van der Waals surface area contributed by atoms with Crippen molar-refractivity contribution in [1.29, 1.82) is 0 Å². The number of hydrogen-bond donors (Lipinski definition) is 0. The quantitative estimate of drug-likeness (QED) is 0.149. The maximum atomic E-state index is 2.61. The fraction of sp³-hybridized carbons (Fsp3) is 0.128. The van der Waals surface area contributed by atoms with Gasteiger partial charge in [0.2, 0.25) is 0 Å². The van der Waals surface area contributed by atoms with Crippen LogP contribution in [0.15, 0.2) is 255 Å². The molecular weight excluding hydrogens is 937 g/mol. The number of rotatable bonds is 7. The van der Waals surface area contributed by atoms with Crippen LogP contribution < -0.4 is 0 Å². The molecule has 12 aromatic rings. The molecule has 0 spiro atoms. The van der Waals surface area contributed by atoms with E-state index in [4.69, 9.17) is 0 Å². The molecule has 4 aliphatic rings. The van der Waals surface area contributed by atoms with E-state index in [0.717, 1.165) is 25.7 Å². The minimum atomic E-state index is -0.465. The van der Waals surface area contributed by atoms with Crippen LogP contribution in [0.1, 0.15) is 92.4 Å². The van der Waals surface area contributed by atoms with Crippen LogP contribution in [0.5, 0.6) is 0 Å². The van der Waals surface area contributed by atoms with Crippen molar-refractivity contribution in [2.75, 3.05) is 0 Å². The van der Waals surface area contributed by atoms with Gasteiger partial charge in [0.15, 0.2) is 0 Å². The van der Waals surface area contributed by atoms with Crippen LogP contribution in [0.4, 0.5) is 0 Å². The zero-order valence-corrected chi connectivity index (χ0v) is 43.9. The minimum absolute atomic E-state index is 0.465. The molecule has 0 N–H and O–H groups in total. The largest absolute Gasteiger partial charge is 0.0713 e. The van der Waals surface area contributed by atoms with Gasteiger partial charge < -0.3 is 0 Å². The van der Waals surface area contributed by atoms with Crippen molar-refractivity contribution in [2.24, 2.45) is 0 Å². The van der Waals surface area contributed by atoms with E-state index < -0.39 is 10.8 Å². The molecule has 0 heteroatoms. The average molecular weight is 995 g/mol. The molecule has 0 heterocycles. The third-order valence-corrected chi connectivity index (χ3v) is 18.8. The summed E-state index contributed by atoms with van der Waals surface area (Å²) in [7, 11) is 0. The predicted octanol–water partition coefficient (Wildman–Crippen LogP) is 19.5. The second-order valence-electron chi connectivity index (χ2n) is 22.5. The van der Waals surface area contributed by atoms with E-state index in [2.05, 4.69) is 255 Å². The summed E-state index contributed by atoms with van der Waals surface area (Å²) in [6.45, 7) is 0. The van der Waals surface area contributed by atoms with Crippen LogP contribution in [0, 0.1) is 0 Å². The molecule has 0 nitrogen and oxygen atoms in total. The molecule has 0 fully saturated rings. The van der Waals surface area contributed by atoms with E-state index in [1.165, 1.54) is 147 Å². The topological polar surface area (TPSA) is 0 Å². The maximum Gasteiger partial charge on any atom is 0.0713 e. The molecule has 12 aromatic carbocycles. The Balaban J connectivity index is 0.941. The van der Waals surface area contributed by atoms with E-state index in [1.54, 1.807) is 22.3 Å². The molecule has 4 aliphatic carbocycles. The first-order valence-electron chi connectivity index (χ1n) is 28.6. The van der Waals surface area contributed by atoms with Crippen molar-refractivity contribution in [1.82, 2.24) is 0 Å². The van der Waals surface area contributed by atoms with Gasteiger partial charge in [0, 0.05) is 0 Å². The fourth-order valence-electron chi connectivity index (χ4n) is 15.8. The Kier molecular flexibility index (Phi) is 10.4. The molecule has 0 aliphatic heterocycles. The normalized spacial score (nSPS) is 15.2. The molecule has 0 bridgehead atoms. The van der Waals surface area contributed by atoms with E-state index in [1.807, 2.05) is 0 Å². The van der Waals surface area contributed by atoms with E-state index in [9.17, 15) is 0 Å². The second-order valence-corrected chi connectivity index (χ2v) is 22.5. The lowest BCUT2D eigenvalue weighted by atomic mass is 9.67. The Hall–Kier alpha value is -8.84. The lowest BCUT2D eigenvalue weighted by Crippen LogP contribution is -2.28. The minimum Gasteiger partial charge on any atom is -0.0622 e. The molecule has 16 rings (SSSR count). The zero-order valence-electron chi connectivity index (χ0n) is 43.9. The summed E-state index contributed by atoms with van der Waals surface area (Å²) in [4.78, 5) is 0. The van der Waals surface area contributed by atoms with Crippen LogP contribution >= 0.6 is 0 Å². The highest BCUT2D eigenvalue weighted by molar-refractivity contribution is 6.16. The van der Waals surface area contributed by atoms with E-state index >= 15 is 0 Å². The van der Waals surface area contributed by atoms with Crippen LogP contribution in [0.2, 0.25) is 0 Å². The third-order valence-electron chi connectivity index (χ3n) is 18.8. The molecule has 0 saturated carbocycles. The van der Waals surface area contributed by atoms with Crippen LogP contribution in [0.25, 0.3) is 77.2 Å². The van der Waals surface area contributed by atoms with Crippen LogP contribution in [-0.4, -0.2) is 0 Å². The van der Waals surface area contributed by atoms with Crippen molar-refractivity contribution in [2.45, 2.75) is 62.2 Å². The number of fused-ring (bicyclic) bond motifs is 10. The van der Waals surface area contributed by atoms with Gasteiger partial charge in [0.05, 0.1) is 10.8 Å². The fourth-order valence-corrected chi connectivity index (χ4v) is 15.8. The molecule has 0 atom stereocenters. The SMILES string of the molecule is c1ccc(C2(c3ccccc3)c3ccccc3-c3ccc(-c4c5c(c(-c6c7c(c(-c8ccc9c(c8)C(c8ccccc8)(c8ccccc8)c8ccccc8-9)c8ccccc68)CCCC7)c6ccccc46)CCCC5)cc32)cc1. The molecule has 0 amide bonds. The first kappa shape index (κ1) is 45.4. The summed E-state index contributed by atoms with van der Waals surface area (Å²) in [6, 6.07) is 97.6. The van der Waals surface area contributed by atoms with Crippen molar-refractivity contribution >= 4 is 21.5 Å². The van der Waals surface area contributed by atoms with Gasteiger partial charge >= 0.3 is 0 Å². The second kappa shape index (κ2) is 17.9. The average Bonchev–Trinajstić information content (AvgIpc) is 4.01. The van der Waals surface area contributed by atoms with Crippen molar-refractivity contribution in [3.63, 3.8) is 0 Å². The van der Waals surface area contributed by atoms with Gasteiger partial charge in [-0.2, -0.15) is 0 Å². The first-order chi connectivity index (χ1) is 38.7. The molecule has 0 unspecified atom stereocenters. The van der Waals surface area contributed by atoms with Gasteiger partial charge in [-0.15, -0.1) is 0 Å². The van der Waals surface area contributed by atoms with Gasteiger partial charge in [0.25, 0.3) is 0 Å². The number of hydrogen-bond acceptors (Lipinski definition) is 0. The van der Waals surface area contributed by atoms with Gasteiger partial charge in [-0.3, -0.25) is 0 Å². The highest BCUT2D eigenvalue weighted by Gasteiger charge is 2.48. The van der Waals surface area contributed by atoms with Gasteiger partial charge in [-0.05, 0) is 207 Å². The van der Waals surface area contributed by atoms with Crippen LogP contribution in [0.3, 0.4) is 0 Å². The highest BCUT2D eigenvalue weighted by Crippen LogP contribution is 2.60. The lowest BCUT2D eigenvalue weighted by molar-refractivity contribution is 0.684. The Morgan fingerprint density at radius 3 is 0.833 bits per heavy atom. The Morgan fingerprint density at radius 1 is 0.218 bits per heavy atom. The summed E-state index contributed by atoms with van der Waals surface area (Å²) in [5, 5.41) is 5.49. The summed E-state index contributed by atoms with van der Waals surface area (Å²) in [6.07, 6.45) is 9.08. The Labute approximate surface area is 458 Å². The predicted molar refractivity (Wildman–Crippen MR) is 326 cm³/mol. The third kappa shape index (κ3) is 6.35. The van der Waals surface area contributed by atoms with Gasteiger partial charge in [-0.25, -0.2) is 0 Å². The van der Waals surface area contributed by atoms with Crippen molar-refractivity contribution in [3.8, 4) is 55.6 Å². The maximum absolute atomic E-state index is 2.61. The summed E-state index contributed by atoms with van der Waals surface area (Å²) < 4.78 is 0. The van der Waals surface area contributed by atoms with Crippen LogP contribution in [-0.2, 0) is 36.5 Å². The molecule has 78 heavy (non-hydrogen) atoms. The molecule has 0 radical (unpaired) electrons. The standard InChI is InChI=1S/C78H58/c1-5-25-53(26-6-1)77(54-27-7-2-8-28-54)69-43-23-21-33-57(69)59-47-45-51(49-71(59)77)73-61-35-13-17-39-65(61)75(66-40-18-14-36-62(66)73)76-67-41-19-15-37-63(67)74(64-38-16-20-42-68(64)76)52-46-48-60-58-34-22-24-44-70(58)78(72(60)50-52,55-29-9-3-10-30-55)56-31-11-4-12-32-56/h1-13,15,17,19,21-35,37,39,41,43-50H,14,16,18,20,36,38,40,42H2. The summed E-state index contributed by atoms with van der Waals surface area (Å²) in [5.41, 5.74) is 29.7. The molecular formula is C78H58. The lowest BCUT2D eigenvalue weighted by Gasteiger charge is -2.34. The highest BCUT2D eigenvalue weighted by atomic mass is 14.5. The Morgan fingerprint density at radius 2 is 0.487 bits per heavy atom. The zero-order chi connectivity index (χ0) is 51.4.